The molecule has 2 aromatic rings. The van der Waals surface area contributed by atoms with Crippen LogP contribution in [-0.4, -0.2) is 0 Å². The first-order chi connectivity index (χ1) is 10.3. The first kappa shape index (κ1) is 14.1. The molecular weight excluding hydrogens is 292 g/mol. The Bertz CT molecular complexity index is 671. The third-order valence-electron chi connectivity index (χ3n) is 3.50. The second kappa shape index (κ2) is 6.25. The van der Waals surface area contributed by atoms with Crippen LogP contribution in [0.2, 0.25) is 0 Å². The fourth-order valence-electron chi connectivity index (χ4n) is 2.30. The number of allylic oxidation sites excluding steroid dienone is 8. The van der Waals surface area contributed by atoms with Gasteiger partial charge in [0.05, 0.1) is 0 Å². The molecule has 0 bridgehead atoms. The van der Waals surface area contributed by atoms with Gasteiger partial charge in [-0.25, -0.2) is 0 Å². The molecule has 0 aromatic carbocycles. The molecule has 0 saturated carbocycles. The van der Waals surface area contributed by atoms with E-state index in [0.29, 0.717) is 0 Å². The Morgan fingerprint density at radius 2 is 1.29 bits per heavy atom. The predicted octanol–water partition coefficient (Wildman–Crippen LogP) is 6.35. The minimum absolute atomic E-state index is 0.875. The molecule has 2 heterocycles. The molecule has 3 rings (SSSR count). The van der Waals surface area contributed by atoms with Gasteiger partial charge in [0.1, 0.15) is 0 Å². The largest absolute Gasteiger partial charge is 0.144 e. The fourth-order valence-corrected chi connectivity index (χ4v) is 3.77. The highest BCUT2D eigenvalue weighted by Gasteiger charge is 2.13. The first-order valence-electron chi connectivity index (χ1n) is 6.78. The standard InChI is InChI=1S/C19H16S2/c1-14(18-9-5-11-20-18)16-7-3-4-8-17(13-16)15(2)19-10-6-12-21-19/h3-12H,1-2,13H2. The summed E-state index contributed by atoms with van der Waals surface area (Å²) in [5, 5.41) is 4.18. The van der Waals surface area contributed by atoms with E-state index in [1.807, 2.05) is 0 Å². The van der Waals surface area contributed by atoms with Crippen LogP contribution in [0.1, 0.15) is 16.2 Å². The van der Waals surface area contributed by atoms with Gasteiger partial charge in [0.25, 0.3) is 0 Å². The molecule has 0 unspecified atom stereocenters. The molecule has 0 fully saturated rings. The number of thiophene rings is 2. The van der Waals surface area contributed by atoms with Gasteiger partial charge in [0.15, 0.2) is 0 Å². The van der Waals surface area contributed by atoms with Crippen molar-refractivity contribution in [2.24, 2.45) is 0 Å². The monoisotopic (exact) mass is 308 g/mol. The molecule has 2 aromatic heterocycles. The molecule has 2 heteroatoms. The van der Waals surface area contributed by atoms with Gasteiger partial charge in [-0.15, -0.1) is 22.7 Å². The zero-order valence-corrected chi connectivity index (χ0v) is 13.3. The molecule has 21 heavy (non-hydrogen) atoms. The molecule has 0 N–H and O–H groups in total. The molecule has 0 spiro atoms. The van der Waals surface area contributed by atoms with Crippen LogP contribution in [0.25, 0.3) is 11.1 Å². The van der Waals surface area contributed by atoms with Crippen LogP contribution < -0.4 is 0 Å². The van der Waals surface area contributed by atoms with Crippen molar-refractivity contribution in [3.8, 4) is 0 Å². The Balaban J connectivity index is 1.85. The van der Waals surface area contributed by atoms with E-state index in [9.17, 15) is 0 Å². The molecule has 1 aliphatic carbocycles. The summed E-state index contributed by atoms with van der Waals surface area (Å²) in [4.78, 5) is 2.47. The van der Waals surface area contributed by atoms with Crippen molar-refractivity contribution < 1.29 is 0 Å². The molecule has 104 valence electrons. The van der Waals surface area contributed by atoms with Crippen LogP contribution in [0, 0.1) is 0 Å². The topological polar surface area (TPSA) is 0 Å². The highest BCUT2D eigenvalue weighted by molar-refractivity contribution is 7.11. The number of hydrogen-bond donors (Lipinski definition) is 0. The Hall–Kier alpha value is -1.90. The lowest BCUT2D eigenvalue weighted by Crippen LogP contribution is -1.92. The van der Waals surface area contributed by atoms with Crippen LogP contribution >= 0.6 is 22.7 Å². The van der Waals surface area contributed by atoms with Crippen molar-refractivity contribution in [3.05, 3.63) is 93.4 Å². The highest BCUT2D eigenvalue weighted by Crippen LogP contribution is 2.35. The van der Waals surface area contributed by atoms with Gasteiger partial charge in [0, 0.05) is 9.75 Å². The van der Waals surface area contributed by atoms with Gasteiger partial charge in [-0.1, -0.05) is 49.6 Å². The zero-order chi connectivity index (χ0) is 14.7. The molecule has 0 atom stereocenters. The van der Waals surface area contributed by atoms with Crippen molar-refractivity contribution in [2.45, 2.75) is 6.42 Å². The predicted molar refractivity (Wildman–Crippen MR) is 96.6 cm³/mol. The Morgan fingerprint density at radius 1 is 0.810 bits per heavy atom. The maximum Gasteiger partial charge on any atom is 0.0339 e. The van der Waals surface area contributed by atoms with E-state index >= 15 is 0 Å². The molecule has 0 amide bonds. The normalized spacial score (nSPS) is 14.3. The van der Waals surface area contributed by atoms with Gasteiger partial charge in [0.2, 0.25) is 0 Å². The van der Waals surface area contributed by atoms with Gasteiger partial charge < -0.3 is 0 Å². The summed E-state index contributed by atoms with van der Waals surface area (Å²) in [5.74, 6) is 0. The molecule has 0 nitrogen and oxygen atoms in total. The van der Waals surface area contributed by atoms with Crippen molar-refractivity contribution in [1.29, 1.82) is 0 Å². The van der Waals surface area contributed by atoms with E-state index in [2.05, 4.69) is 72.5 Å². The summed E-state index contributed by atoms with van der Waals surface area (Å²) >= 11 is 3.47. The minimum atomic E-state index is 0.875. The molecular formula is C19H16S2. The number of hydrogen-bond acceptors (Lipinski definition) is 2. The average Bonchev–Trinajstić information content (AvgIpc) is 3.15. The summed E-state index contributed by atoms with van der Waals surface area (Å²) in [6.45, 7) is 8.55. The third kappa shape index (κ3) is 3.07. The van der Waals surface area contributed by atoms with Gasteiger partial charge in [-0.05, 0) is 51.6 Å². The minimum Gasteiger partial charge on any atom is -0.144 e. The quantitative estimate of drug-likeness (QED) is 0.617. The van der Waals surface area contributed by atoms with E-state index in [1.54, 1.807) is 22.7 Å². The SMILES string of the molecule is C=C(C1=CC=CC=C(C(=C)c2cccs2)C1)c1cccs1. The van der Waals surface area contributed by atoms with Crippen molar-refractivity contribution in [1.82, 2.24) is 0 Å². The molecule has 0 aliphatic heterocycles. The average molecular weight is 308 g/mol. The van der Waals surface area contributed by atoms with Gasteiger partial charge >= 0.3 is 0 Å². The maximum absolute atomic E-state index is 4.27. The molecule has 0 radical (unpaired) electrons. The van der Waals surface area contributed by atoms with Crippen LogP contribution in [0.5, 0.6) is 0 Å². The fraction of sp³-hybridized carbons (Fsp3) is 0.0526. The highest BCUT2D eigenvalue weighted by atomic mass is 32.1. The lowest BCUT2D eigenvalue weighted by molar-refractivity contribution is 1.24. The summed E-state index contributed by atoms with van der Waals surface area (Å²) in [5.41, 5.74) is 4.74. The van der Waals surface area contributed by atoms with E-state index in [1.165, 1.54) is 20.9 Å². The maximum atomic E-state index is 4.27. The lowest BCUT2D eigenvalue weighted by Gasteiger charge is -2.13. The van der Waals surface area contributed by atoms with Crippen LogP contribution in [0.3, 0.4) is 0 Å². The van der Waals surface area contributed by atoms with E-state index in [-0.39, 0.29) is 0 Å². The number of rotatable bonds is 4. The van der Waals surface area contributed by atoms with Crippen molar-refractivity contribution in [3.63, 3.8) is 0 Å². The van der Waals surface area contributed by atoms with Crippen LogP contribution in [0.15, 0.2) is 83.6 Å². The molecule has 1 aliphatic rings. The van der Waals surface area contributed by atoms with E-state index in [0.717, 1.165) is 17.6 Å². The molecule has 0 saturated heterocycles. The van der Waals surface area contributed by atoms with Gasteiger partial charge in [-0.2, -0.15) is 0 Å². The Labute approximate surface area is 133 Å². The second-order valence-electron chi connectivity index (χ2n) is 4.86. The van der Waals surface area contributed by atoms with Crippen LogP contribution in [0.4, 0.5) is 0 Å². The summed E-state index contributed by atoms with van der Waals surface area (Å²) < 4.78 is 0. The van der Waals surface area contributed by atoms with E-state index in [4.69, 9.17) is 0 Å². The second-order valence-corrected chi connectivity index (χ2v) is 6.75. The Kier molecular flexibility index (Phi) is 4.18. The van der Waals surface area contributed by atoms with Crippen LogP contribution in [-0.2, 0) is 0 Å². The Morgan fingerprint density at radius 3 is 1.67 bits per heavy atom. The van der Waals surface area contributed by atoms with Gasteiger partial charge in [-0.3, -0.25) is 0 Å². The smallest absolute Gasteiger partial charge is 0.0339 e. The summed E-state index contributed by atoms with van der Waals surface area (Å²) in [7, 11) is 0. The summed E-state index contributed by atoms with van der Waals surface area (Å²) in [6, 6.07) is 8.39. The van der Waals surface area contributed by atoms with Crippen molar-refractivity contribution >= 4 is 33.8 Å². The third-order valence-corrected chi connectivity index (χ3v) is 5.36. The zero-order valence-electron chi connectivity index (χ0n) is 11.7. The summed E-state index contributed by atoms with van der Waals surface area (Å²) in [6.07, 6.45) is 9.37. The van der Waals surface area contributed by atoms with Crippen molar-refractivity contribution in [2.75, 3.05) is 0 Å². The van der Waals surface area contributed by atoms with E-state index < -0.39 is 0 Å². The lowest BCUT2D eigenvalue weighted by atomic mass is 9.94. The first-order valence-corrected chi connectivity index (χ1v) is 8.54.